The van der Waals surface area contributed by atoms with Crippen molar-refractivity contribution in [3.8, 4) is 5.75 Å². The van der Waals surface area contributed by atoms with Gasteiger partial charge in [-0.15, -0.1) is 0 Å². The van der Waals surface area contributed by atoms with Gasteiger partial charge in [-0.05, 0) is 18.2 Å². The Morgan fingerprint density at radius 2 is 2.12 bits per heavy atom. The smallest absolute Gasteiger partial charge is 0.318 e. The first-order valence-electron chi connectivity index (χ1n) is 4.26. The summed E-state index contributed by atoms with van der Waals surface area (Å²) >= 11 is 5.79. The number of ether oxygens (including phenoxy) is 1. The molecule has 5 N–H and O–H groups in total. The second-order valence-electron chi connectivity index (χ2n) is 2.89. The van der Waals surface area contributed by atoms with Crippen LogP contribution in [-0.4, -0.2) is 18.5 Å². The van der Waals surface area contributed by atoms with E-state index in [0.29, 0.717) is 11.4 Å². The van der Waals surface area contributed by atoms with Gasteiger partial charge in [-0.2, -0.15) is 0 Å². The number of anilines is 1. The van der Waals surface area contributed by atoms with Crippen LogP contribution in [0.2, 0.25) is 5.02 Å². The molecule has 0 aliphatic carbocycles. The van der Waals surface area contributed by atoms with E-state index >= 15 is 0 Å². The number of halogens is 1. The zero-order valence-corrected chi connectivity index (χ0v) is 8.95. The van der Waals surface area contributed by atoms with Crippen molar-refractivity contribution in [1.82, 2.24) is 5.32 Å². The van der Waals surface area contributed by atoms with Crippen LogP contribution in [0.3, 0.4) is 0 Å². The van der Waals surface area contributed by atoms with Gasteiger partial charge < -0.3 is 16.2 Å². The number of rotatable bonds is 3. The number of carbonyl (C=O) groups excluding carboxylic acids is 2. The number of hydrogen-bond acceptors (Lipinski definition) is 4. The van der Waals surface area contributed by atoms with Crippen molar-refractivity contribution in [2.24, 2.45) is 5.73 Å². The zero-order valence-electron chi connectivity index (χ0n) is 8.20. The van der Waals surface area contributed by atoms with E-state index in [4.69, 9.17) is 27.8 Å². The Bertz CT molecular complexity index is 422. The Balaban J connectivity index is 2.54. The summed E-state index contributed by atoms with van der Waals surface area (Å²) in [7, 11) is 0. The van der Waals surface area contributed by atoms with Crippen LogP contribution in [0.5, 0.6) is 5.75 Å². The molecule has 0 aliphatic rings. The molecule has 0 aromatic heterocycles. The molecule has 7 heteroatoms. The Morgan fingerprint density at radius 3 is 2.69 bits per heavy atom. The number of nitrogens with two attached hydrogens (primary N) is 2. The monoisotopic (exact) mass is 243 g/mol. The highest BCUT2D eigenvalue weighted by Gasteiger charge is 2.07. The summed E-state index contributed by atoms with van der Waals surface area (Å²) in [4.78, 5) is 21.3. The van der Waals surface area contributed by atoms with Crippen LogP contribution in [0.1, 0.15) is 0 Å². The fraction of sp³-hybridized carbons (Fsp3) is 0.111. The molecule has 1 aromatic carbocycles. The number of carbonyl (C=O) groups is 2. The summed E-state index contributed by atoms with van der Waals surface area (Å²) in [5.41, 5.74) is 10.7. The predicted molar refractivity (Wildman–Crippen MR) is 59.1 cm³/mol. The fourth-order valence-corrected chi connectivity index (χ4v) is 1.19. The van der Waals surface area contributed by atoms with Crippen molar-refractivity contribution >= 4 is 29.2 Å². The van der Waals surface area contributed by atoms with Gasteiger partial charge in [-0.25, -0.2) is 4.79 Å². The molecule has 3 amide bonds. The third kappa shape index (κ3) is 3.66. The number of imide groups is 1. The normalized spacial score (nSPS) is 9.56. The quantitative estimate of drug-likeness (QED) is 0.672. The summed E-state index contributed by atoms with van der Waals surface area (Å²) < 4.78 is 5.05. The molecule has 0 saturated carbocycles. The minimum absolute atomic E-state index is 0.284. The second kappa shape index (κ2) is 5.22. The van der Waals surface area contributed by atoms with Gasteiger partial charge >= 0.3 is 6.03 Å². The molecule has 0 atom stereocenters. The highest BCUT2D eigenvalue weighted by atomic mass is 35.5. The molecule has 0 bridgehead atoms. The summed E-state index contributed by atoms with van der Waals surface area (Å²) in [5.74, 6) is -0.351. The molecule has 0 saturated heterocycles. The van der Waals surface area contributed by atoms with Crippen molar-refractivity contribution in [2.45, 2.75) is 0 Å². The van der Waals surface area contributed by atoms with Gasteiger partial charge in [0.1, 0.15) is 5.75 Å². The SMILES string of the molecule is NC(=O)NC(=O)COc1ccc(N)cc1Cl. The number of nitrogen functional groups attached to an aromatic ring is 1. The molecule has 0 spiro atoms. The molecule has 0 aliphatic heterocycles. The largest absolute Gasteiger partial charge is 0.482 e. The first-order valence-corrected chi connectivity index (χ1v) is 4.64. The van der Waals surface area contributed by atoms with E-state index in [1.54, 1.807) is 6.07 Å². The number of hydrogen-bond donors (Lipinski definition) is 3. The van der Waals surface area contributed by atoms with Crippen molar-refractivity contribution in [3.63, 3.8) is 0 Å². The van der Waals surface area contributed by atoms with Gasteiger partial charge in [-0.1, -0.05) is 11.6 Å². The lowest BCUT2D eigenvalue weighted by atomic mass is 10.3. The van der Waals surface area contributed by atoms with Gasteiger partial charge in [0.15, 0.2) is 6.61 Å². The van der Waals surface area contributed by atoms with Gasteiger partial charge in [0.2, 0.25) is 0 Å². The lowest BCUT2D eigenvalue weighted by molar-refractivity contribution is -0.121. The number of urea groups is 1. The van der Waals surface area contributed by atoms with Crippen molar-refractivity contribution in [1.29, 1.82) is 0 Å². The minimum Gasteiger partial charge on any atom is -0.482 e. The first kappa shape index (κ1) is 12.1. The van der Waals surface area contributed by atoms with E-state index in [2.05, 4.69) is 0 Å². The molecule has 16 heavy (non-hydrogen) atoms. The van der Waals surface area contributed by atoms with Crippen molar-refractivity contribution in [2.75, 3.05) is 12.3 Å². The molecule has 6 nitrogen and oxygen atoms in total. The van der Waals surface area contributed by atoms with Crippen LogP contribution in [0.25, 0.3) is 0 Å². The summed E-state index contributed by atoms with van der Waals surface area (Å²) in [6.45, 7) is -0.355. The maximum absolute atomic E-state index is 11.0. The van der Waals surface area contributed by atoms with E-state index in [-0.39, 0.29) is 11.6 Å². The second-order valence-corrected chi connectivity index (χ2v) is 3.30. The van der Waals surface area contributed by atoms with Crippen LogP contribution in [0.15, 0.2) is 18.2 Å². The summed E-state index contributed by atoms with van der Waals surface area (Å²) in [5, 5.41) is 2.14. The molecule has 86 valence electrons. The van der Waals surface area contributed by atoms with E-state index in [1.165, 1.54) is 12.1 Å². The molecular formula is C9H10ClN3O3. The number of amides is 3. The van der Waals surface area contributed by atoms with E-state index in [1.807, 2.05) is 5.32 Å². The maximum atomic E-state index is 11.0. The standard InChI is InChI=1S/C9H10ClN3O3/c10-6-3-5(11)1-2-7(6)16-4-8(14)13-9(12)15/h1-3H,4,11H2,(H3,12,13,14,15). The van der Waals surface area contributed by atoms with Crippen molar-refractivity contribution in [3.05, 3.63) is 23.2 Å². The highest BCUT2D eigenvalue weighted by Crippen LogP contribution is 2.26. The average molecular weight is 244 g/mol. The third-order valence-electron chi connectivity index (χ3n) is 1.58. The number of benzene rings is 1. The van der Waals surface area contributed by atoms with Crippen LogP contribution < -0.4 is 21.5 Å². The molecule has 0 radical (unpaired) electrons. The molecular weight excluding hydrogens is 234 g/mol. The Labute approximate surface area is 96.5 Å². The predicted octanol–water partition coefficient (Wildman–Crippen LogP) is 0.496. The Kier molecular flexibility index (Phi) is 3.96. The highest BCUT2D eigenvalue weighted by molar-refractivity contribution is 6.32. The maximum Gasteiger partial charge on any atom is 0.318 e. The van der Waals surface area contributed by atoms with Crippen LogP contribution >= 0.6 is 11.6 Å². The minimum atomic E-state index is -0.933. The van der Waals surface area contributed by atoms with Crippen LogP contribution in [0.4, 0.5) is 10.5 Å². The number of primary amides is 1. The van der Waals surface area contributed by atoms with Gasteiger partial charge in [0, 0.05) is 5.69 Å². The van der Waals surface area contributed by atoms with E-state index < -0.39 is 11.9 Å². The molecule has 0 unspecified atom stereocenters. The van der Waals surface area contributed by atoms with E-state index in [9.17, 15) is 9.59 Å². The lowest BCUT2D eigenvalue weighted by Crippen LogP contribution is -2.38. The zero-order chi connectivity index (χ0) is 12.1. The molecule has 1 aromatic rings. The lowest BCUT2D eigenvalue weighted by Gasteiger charge is -2.07. The Hall–Kier alpha value is -1.95. The van der Waals surface area contributed by atoms with Crippen molar-refractivity contribution < 1.29 is 14.3 Å². The Morgan fingerprint density at radius 1 is 1.44 bits per heavy atom. The van der Waals surface area contributed by atoms with Gasteiger partial charge in [0.25, 0.3) is 5.91 Å². The topological polar surface area (TPSA) is 107 Å². The van der Waals surface area contributed by atoms with Crippen LogP contribution in [-0.2, 0) is 4.79 Å². The molecule has 0 heterocycles. The van der Waals surface area contributed by atoms with Gasteiger partial charge in [-0.3, -0.25) is 10.1 Å². The average Bonchev–Trinajstić information content (AvgIpc) is 2.15. The summed E-state index contributed by atoms with van der Waals surface area (Å²) in [6, 6.07) is 3.66. The molecule has 1 rings (SSSR count). The molecule has 0 fully saturated rings. The number of nitrogens with one attached hydrogen (secondary N) is 1. The summed E-state index contributed by atoms with van der Waals surface area (Å²) in [6.07, 6.45) is 0. The van der Waals surface area contributed by atoms with Crippen LogP contribution in [0, 0.1) is 0 Å². The van der Waals surface area contributed by atoms with E-state index in [0.717, 1.165) is 0 Å². The first-order chi connectivity index (χ1) is 7.49. The van der Waals surface area contributed by atoms with Gasteiger partial charge in [0.05, 0.1) is 5.02 Å². The third-order valence-corrected chi connectivity index (χ3v) is 1.87. The fourth-order valence-electron chi connectivity index (χ4n) is 0.951.